The average Bonchev–Trinajstić information content (AvgIpc) is 2.37. The number of aromatic amines is 1. The van der Waals surface area contributed by atoms with Crippen molar-refractivity contribution < 1.29 is 17.9 Å². The third-order valence-electron chi connectivity index (χ3n) is 2.41. The van der Waals surface area contributed by atoms with Gasteiger partial charge in [0.05, 0.1) is 7.11 Å². The number of aromatic nitrogens is 2. The summed E-state index contributed by atoms with van der Waals surface area (Å²) in [6.45, 7) is 0. The lowest BCUT2D eigenvalue weighted by molar-refractivity contribution is -0.144. The van der Waals surface area contributed by atoms with Crippen molar-refractivity contribution in [3.8, 4) is 17.0 Å². The minimum absolute atomic E-state index is 0.114. The Labute approximate surface area is 112 Å². The molecule has 0 unspecified atom stereocenters. The van der Waals surface area contributed by atoms with Gasteiger partial charge in [-0.05, 0) is 35.9 Å². The molecule has 0 aliphatic carbocycles. The Hall–Kier alpha value is -1.89. The zero-order valence-corrected chi connectivity index (χ0v) is 10.6. The molecule has 0 saturated carbocycles. The minimum atomic E-state index is -4.56. The number of hydrogen-bond donors (Lipinski definition) is 1. The van der Waals surface area contributed by atoms with E-state index in [-0.39, 0.29) is 10.3 Å². The Morgan fingerprint density at radius 1 is 1.21 bits per heavy atom. The summed E-state index contributed by atoms with van der Waals surface area (Å²) in [6, 6.07) is 7.96. The molecule has 1 heterocycles. The van der Waals surface area contributed by atoms with Gasteiger partial charge in [-0.2, -0.15) is 13.2 Å². The normalized spacial score (nSPS) is 11.4. The second-order valence-electron chi connectivity index (χ2n) is 3.71. The molecule has 0 saturated heterocycles. The summed E-state index contributed by atoms with van der Waals surface area (Å²) in [4.78, 5) is 5.51. The van der Waals surface area contributed by atoms with Crippen LogP contribution in [0.2, 0.25) is 0 Å². The molecule has 2 aromatic rings. The highest BCUT2D eigenvalue weighted by atomic mass is 32.1. The van der Waals surface area contributed by atoms with E-state index in [1.54, 1.807) is 24.3 Å². The monoisotopic (exact) mass is 286 g/mol. The standard InChI is InChI=1S/C12H9F3N2OS/c1-18-8-4-2-7(3-5-8)9-6-10(19)17-11(16-9)12(13,14)15/h2-6H,1H3,(H,16,17,19). The summed E-state index contributed by atoms with van der Waals surface area (Å²) in [7, 11) is 1.51. The van der Waals surface area contributed by atoms with Gasteiger partial charge in [-0.25, -0.2) is 4.98 Å². The Kier molecular flexibility index (Phi) is 3.57. The Morgan fingerprint density at radius 3 is 2.37 bits per heavy atom. The van der Waals surface area contributed by atoms with Crippen molar-refractivity contribution in [1.82, 2.24) is 9.97 Å². The van der Waals surface area contributed by atoms with Gasteiger partial charge in [-0.15, -0.1) is 0 Å². The highest BCUT2D eigenvalue weighted by Crippen LogP contribution is 2.28. The second-order valence-corrected chi connectivity index (χ2v) is 4.13. The highest BCUT2D eigenvalue weighted by Gasteiger charge is 2.34. The molecule has 0 amide bonds. The van der Waals surface area contributed by atoms with Gasteiger partial charge in [0.15, 0.2) is 0 Å². The molecule has 19 heavy (non-hydrogen) atoms. The Bertz CT molecular complexity index is 635. The lowest BCUT2D eigenvalue weighted by Crippen LogP contribution is -2.11. The molecule has 0 fully saturated rings. The largest absolute Gasteiger partial charge is 0.497 e. The van der Waals surface area contributed by atoms with Crippen LogP contribution in [0.15, 0.2) is 30.3 Å². The van der Waals surface area contributed by atoms with E-state index in [2.05, 4.69) is 9.97 Å². The molecule has 0 atom stereocenters. The van der Waals surface area contributed by atoms with Crippen LogP contribution < -0.4 is 4.74 Å². The van der Waals surface area contributed by atoms with Gasteiger partial charge in [0.25, 0.3) is 0 Å². The molecule has 100 valence electrons. The average molecular weight is 286 g/mol. The third-order valence-corrected chi connectivity index (χ3v) is 2.62. The first-order chi connectivity index (χ1) is 8.90. The van der Waals surface area contributed by atoms with E-state index in [0.717, 1.165) is 0 Å². The van der Waals surface area contributed by atoms with E-state index in [9.17, 15) is 13.2 Å². The van der Waals surface area contributed by atoms with Crippen LogP contribution >= 0.6 is 12.2 Å². The summed E-state index contributed by atoms with van der Waals surface area (Å²) >= 11 is 4.75. The highest BCUT2D eigenvalue weighted by molar-refractivity contribution is 7.71. The van der Waals surface area contributed by atoms with Crippen molar-refractivity contribution in [3.63, 3.8) is 0 Å². The number of alkyl halides is 3. The van der Waals surface area contributed by atoms with Gasteiger partial charge in [-0.1, -0.05) is 12.2 Å². The number of nitrogens with one attached hydrogen (secondary N) is 1. The third kappa shape index (κ3) is 3.11. The Balaban J connectivity index is 2.49. The number of rotatable bonds is 2. The summed E-state index contributed by atoms with van der Waals surface area (Å²) in [5, 5.41) is 0. The molecule has 0 spiro atoms. The zero-order chi connectivity index (χ0) is 14.0. The maximum atomic E-state index is 12.6. The molecular weight excluding hydrogens is 277 g/mol. The molecule has 1 N–H and O–H groups in total. The van der Waals surface area contributed by atoms with Crippen molar-refractivity contribution in [3.05, 3.63) is 40.8 Å². The van der Waals surface area contributed by atoms with Crippen LogP contribution in [0.3, 0.4) is 0 Å². The maximum Gasteiger partial charge on any atom is 0.449 e. The fourth-order valence-electron chi connectivity index (χ4n) is 1.52. The van der Waals surface area contributed by atoms with Crippen LogP contribution in [0.5, 0.6) is 5.75 Å². The minimum Gasteiger partial charge on any atom is -0.497 e. The number of halogens is 3. The van der Waals surface area contributed by atoms with Crippen LogP contribution in [0.1, 0.15) is 5.82 Å². The van der Waals surface area contributed by atoms with E-state index < -0.39 is 12.0 Å². The first-order valence-corrected chi connectivity index (χ1v) is 5.64. The summed E-state index contributed by atoms with van der Waals surface area (Å²) in [6.07, 6.45) is -4.56. The summed E-state index contributed by atoms with van der Waals surface area (Å²) in [5.41, 5.74) is 0.828. The van der Waals surface area contributed by atoms with E-state index in [1.165, 1.54) is 13.2 Å². The van der Waals surface area contributed by atoms with Crippen LogP contribution in [0, 0.1) is 4.64 Å². The summed E-state index contributed by atoms with van der Waals surface area (Å²) < 4.78 is 42.7. The molecule has 0 bridgehead atoms. The fourth-order valence-corrected chi connectivity index (χ4v) is 1.73. The smallest absolute Gasteiger partial charge is 0.449 e. The molecule has 1 aromatic carbocycles. The maximum absolute atomic E-state index is 12.6. The predicted molar refractivity (Wildman–Crippen MR) is 66.4 cm³/mol. The first-order valence-electron chi connectivity index (χ1n) is 5.23. The van der Waals surface area contributed by atoms with Crippen molar-refractivity contribution >= 4 is 12.2 Å². The Morgan fingerprint density at radius 2 is 1.84 bits per heavy atom. The number of nitrogens with zero attached hydrogens (tertiary/aromatic N) is 1. The van der Waals surface area contributed by atoms with Crippen LogP contribution in [-0.2, 0) is 6.18 Å². The number of ether oxygens (including phenoxy) is 1. The predicted octanol–water partition coefficient (Wildman–Crippen LogP) is 3.83. The lowest BCUT2D eigenvalue weighted by atomic mass is 10.1. The van der Waals surface area contributed by atoms with Crippen LogP contribution in [-0.4, -0.2) is 17.1 Å². The molecule has 0 aliphatic heterocycles. The van der Waals surface area contributed by atoms with E-state index in [0.29, 0.717) is 11.3 Å². The van der Waals surface area contributed by atoms with Gasteiger partial charge < -0.3 is 9.72 Å². The quantitative estimate of drug-likeness (QED) is 0.852. The van der Waals surface area contributed by atoms with E-state index >= 15 is 0 Å². The van der Waals surface area contributed by atoms with Gasteiger partial charge >= 0.3 is 6.18 Å². The van der Waals surface area contributed by atoms with Gasteiger partial charge in [0, 0.05) is 5.69 Å². The lowest BCUT2D eigenvalue weighted by Gasteiger charge is -2.09. The van der Waals surface area contributed by atoms with E-state index in [4.69, 9.17) is 17.0 Å². The number of hydrogen-bond acceptors (Lipinski definition) is 3. The van der Waals surface area contributed by atoms with Crippen molar-refractivity contribution in [2.45, 2.75) is 6.18 Å². The molecule has 0 radical (unpaired) electrons. The van der Waals surface area contributed by atoms with Gasteiger partial charge in [-0.3, -0.25) is 0 Å². The molecular formula is C12H9F3N2OS. The molecule has 7 heteroatoms. The van der Waals surface area contributed by atoms with Crippen LogP contribution in [0.25, 0.3) is 11.3 Å². The summed E-state index contributed by atoms with van der Waals surface area (Å²) in [5.74, 6) is -0.488. The molecule has 2 rings (SSSR count). The number of benzene rings is 1. The zero-order valence-electron chi connectivity index (χ0n) is 9.78. The fraction of sp³-hybridized carbons (Fsp3) is 0.167. The molecule has 3 nitrogen and oxygen atoms in total. The molecule has 0 aliphatic rings. The SMILES string of the molecule is COc1ccc(-c2cc(=S)nc(C(F)(F)F)[nH]2)cc1. The second kappa shape index (κ2) is 5.00. The van der Waals surface area contributed by atoms with E-state index in [1.807, 2.05) is 0 Å². The number of H-pyrrole nitrogens is 1. The van der Waals surface area contributed by atoms with Gasteiger partial charge in [0.1, 0.15) is 10.4 Å². The van der Waals surface area contributed by atoms with Crippen LogP contribution in [0.4, 0.5) is 13.2 Å². The van der Waals surface area contributed by atoms with Crippen molar-refractivity contribution in [1.29, 1.82) is 0 Å². The first kappa shape index (κ1) is 13.5. The number of methoxy groups -OCH3 is 1. The van der Waals surface area contributed by atoms with Crippen molar-refractivity contribution in [2.24, 2.45) is 0 Å². The van der Waals surface area contributed by atoms with Gasteiger partial charge in [0.2, 0.25) is 5.82 Å². The molecule has 1 aromatic heterocycles. The topological polar surface area (TPSA) is 37.9 Å². The van der Waals surface area contributed by atoms with Crippen molar-refractivity contribution in [2.75, 3.05) is 7.11 Å².